The van der Waals surface area contributed by atoms with Crippen LogP contribution in [-0.4, -0.2) is 28.3 Å². The summed E-state index contributed by atoms with van der Waals surface area (Å²) in [4.78, 5) is 8.87. The summed E-state index contributed by atoms with van der Waals surface area (Å²) in [6, 6.07) is 2.12. The Morgan fingerprint density at radius 2 is 1.89 bits per heavy atom. The minimum atomic E-state index is -0.138. The molecule has 5 heteroatoms. The third kappa shape index (κ3) is 4.28. The summed E-state index contributed by atoms with van der Waals surface area (Å²) in [5, 5.41) is 13.0. The first kappa shape index (κ1) is 14.9. The van der Waals surface area contributed by atoms with Crippen molar-refractivity contribution in [2.45, 2.75) is 45.3 Å². The molecule has 0 amide bonds. The first-order valence-electron chi connectivity index (χ1n) is 6.16. The van der Waals surface area contributed by atoms with Crippen LogP contribution in [0.4, 0.5) is 0 Å². The van der Waals surface area contributed by atoms with Crippen LogP contribution < -0.4 is 5.32 Å². The zero-order chi connectivity index (χ0) is 13.5. The molecule has 0 fully saturated rings. The lowest BCUT2D eigenvalue weighted by atomic mass is 10.2. The van der Waals surface area contributed by atoms with E-state index in [9.17, 15) is 0 Å². The number of rotatable bonds is 6. The predicted octanol–water partition coefficient (Wildman–Crippen LogP) is 2.39. The molecule has 0 saturated heterocycles. The van der Waals surface area contributed by atoms with Crippen LogP contribution >= 0.6 is 11.8 Å². The van der Waals surface area contributed by atoms with E-state index in [-0.39, 0.29) is 6.04 Å². The molecule has 0 aliphatic rings. The van der Waals surface area contributed by atoms with E-state index in [0.29, 0.717) is 5.75 Å². The second kappa shape index (κ2) is 7.34. The van der Waals surface area contributed by atoms with Crippen molar-refractivity contribution in [2.75, 3.05) is 12.3 Å². The van der Waals surface area contributed by atoms with E-state index in [2.05, 4.69) is 28.3 Å². The third-order valence-electron chi connectivity index (χ3n) is 2.79. The van der Waals surface area contributed by atoms with E-state index in [1.807, 2.05) is 20.8 Å². The average molecular weight is 264 g/mol. The molecule has 98 valence electrons. The van der Waals surface area contributed by atoms with E-state index in [1.165, 1.54) is 11.8 Å². The zero-order valence-electron chi connectivity index (χ0n) is 11.4. The lowest BCUT2D eigenvalue weighted by Gasteiger charge is -2.10. The summed E-state index contributed by atoms with van der Waals surface area (Å²) in [5.41, 5.74) is 3.17. The molecule has 1 atom stereocenters. The highest BCUT2D eigenvalue weighted by Gasteiger charge is 2.10. The highest BCUT2D eigenvalue weighted by atomic mass is 32.2. The van der Waals surface area contributed by atoms with Crippen molar-refractivity contribution in [3.05, 3.63) is 17.0 Å². The maximum Gasteiger partial charge on any atom is 0.188 e. The maximum atomic E-state index is 9.02. The van der Waals surface area contributed by atoms with Crippen LogP contribution in [0.25, 0.3) is 0 Å². The summed E-state index contributed by atoms with van der Waals surface area (Å²) < 4.78 is 0. The smallest absolute Gasteiger partial charge is 0.188 e. The van der Waals surface area contributed by atoms with Gasteiger partial charge >= 0.3 is 0 Å². The number of nitrogens with zero attached hydrogens (tertiary/aromatic N) is 3. The van der Waals surface area contributed by atoms with Gasteiger partial charge in [-0.15, -0.1) is 0 Å². The van der Waals surface area contributed by atoms with Crippen LogP contribution in [0, 0.1) is 32.1 Å². The van der Waals surface area contributed by atoms with Gasteiger partial charge in [0.15, 0.2) is 5.16 Å². The van der Waals surface area contributed by atoms with E-state index in [4.69, 9.17) is 5.26 Å². The van der Waals surface area contributed by atoms with Crippen molar-refractivity contribution in [3.63, 3.8) is 0 Å². The van der Waals surface area contributed by atoms with Crippen LogP contribution in [0.5, 0.6) is 0 Å². The molecule has 0 aromatic carbocycles. The number of hydrogen-bond acceptors (Lipinski definition) is 5. The minimum Gasteiger partial charge on any atom is -0.301 e. The van der Waals surface area contributed by atoms with Crippen LogP contribution in [-0.2, 0) is 0 Å². The van der Waals surface area contributed by atoms with Gasteiger partial charge in [0.25, 0.3) is 0 Å². The van der Waals surface area contributed by atoms with Crippen molar-refractivity contribution in [1.82, 2.24) is 15.3 Å². The summed E-state index contributed by atoms with van der Waals surface area (Å²) in [7, 11) is 0. The maximum absolute atomic E-state index is 9.02. The Morgan fingerprint density at radius 3 is 2.39 bits per heavy atom. The standard InChI is InChI=1S/C13H20N4S/c1-5-6-15-12(7-14)8-18-13-16-10(3)9(2)11(4)17-13/h12,15H,5-6,8H2,1-4H3. The summed E-state index contributed by atoms with van der Waals surface area (Å²) in [5.74, 6) is 0.679. The van der Waals surface area contributed by atoms with E-state index in [0.717, 1.165) is 35.1 Å². The van der Waals surface area contributed by atoms with Crippen LogP contribution in [0.2, 0.25) is 0 Å². The fourth-order valence-corrected chi connectivity index (χ4v) is 2.34. The van der Waals surface area contributed by atoms with Gasteiger partial charge in [-0.05, 0) is 39.3 Å². The van der Waals surface area contributed by atoms with E-state index >= 15 is 0 Å². The Bertz CT molecular complexity index is 416. The number of hydrogen-bond donors (Lipinski definition) is 1. The van der Waals surface area contributed by atoms with Crippen molar-refractivity contribution < 1.29 is 0 Å². The minimum absolute atomic E-state index is 0.138. The highest BCUT2D eigenvalue weighted by Crippen LogP contribution is 2.17. The topological polar surface area (TPSA) is 61.6 Å². The fraction of sp³-hybridized carbons (Fsp3) is 0.615. The number of thioether (sulfide) groups is 1. The van der Waals surface area contributed by atoms with Crippen LogP contribution in [0.3, 0.4) is 0 Å². The molecule has 18 heavy (non-hydrogen) atoms. The van der Waals surface area contributed by atoms with Gasteiger partial charge in [0, 0.05) is 17.1 Å². The molecule has 1 heterocycles. The number of aromatic nitrogens is 2. The van der Waals surface area contributed by atoms with Gasteiger partial charge in [-0.1, -0.05) is 18.7 Å². The van der Waals surface area contributed by atoms with Crippen LogP contribution in [0.15, 0.2) is 5.16 Å². The molecule has 1 aromatic rings. The molecule has 1 rings (SSSR count). The first-order valence-corrected chi connectivity index (χ1v) is 7.14. The molecular weight excluding hydrogens is 244 g/mol. The molecule has 0 saturated carbocycles. The van der Waals surface area contributed by atoms with Gasteiger partial charge in [0.1, 0.15) is 6.04 Å². The lowest BCUT2D eigenvalue weighted by molar-refractivity contribution is 0.637. The predicted molar refractivity (Wildman–Crippen MR) is 74.7 cm³/mol. The summed E-state index contributed by atoms with van der Waals surface area (Å²) >= 11 is 1.53. The van der Waals surface area contributed by atoms with Gasteiger partial charge in [0.2, 0.25) is 0 Å². The molecule has 1 aromatic heterocycles. The van der Waals surface area contributed by atoms with Crippen LogP contribution in [0.1, 0.15) is 30.3 Å². The molecule has 0 radical (unpaired) electrons. The molecule has 0 bridgehead atoms. The third-order valence-corrected chi connectivity index (χ3v) is 3.73. The van der Waals surface area contributed by atoms with Crippen molar-refractivity contribution in [2.24, 2.45) is 0 Å². The van der Waals surface area contributed by atoms with Gasteiger partial charge < -0.3 is 5.32 Å². The van der Waals surface area contributed by atoms with Gasteiger partial charge in [-0.2, -0.15) is 5.26 Å². The largest absolute Gasteiger partial charge is 0.301 e. The number of nitriles is 1. The highest BCUT2D eigenvalue weighted by molar-refractivity contribution is 7.99. The normalized spacial score (nSPS) is 12.2. The molecular formula is C13H20N4S. The number of aryl methyl sites for hydroxylation is 2. The monoisotopic (exact) mass is 264 g/mol. The van der Waals surface area contributed by atoms with Gasteiger partial charge in [-0.3, -0.25) is 0 Å². The zero-order valence-corrected chi connectivity index (χ0v) is 12.3. The Balaban J connectivity index is 2.60. The molecule has 0 aliphatic heterocycles. The Hall–Kier alpha value is -1.12. The summed E-state index contributed by atoms with van der Waals surface area (Å²) in [6.45, 7) is 8.96. The summed E-state index contributed by atoms with van der Waals surface area (Å²) in [6.07, 6.45) is 1.03. The molecule has 0 spiro atoms. The Kier molecular flexibility index (Phi) is 6.10. The second-order valence-electron chi connectivity index (χ2n) is 4.25. The quantitative estimate of drug-likeness (QED) is 0.631. The fourth-order valence-electron chi connectivity index (χ4n) is 1.42. The van der Waals surface area contributed by atoms with Crippen molar-refractivity contribution in [3.8, 4) is 6.07 Å². The lowest BCUT2D eigenvalue weighted by Crippen LogP contribution is -2.30. The van der Waals surface area contributed by atoms with Gasteiger partial charge in [0.05, 0.1) is 6.07 Å². The average Bonchev–Trinajstić information content (AvgIpc) is 2.36. The van der Waals surface area contributed by atoms with Crippen molar-refractivity contribution >= 4 is 11.8 Å². The molecule has 1 N–H and O–H groups in total. The molecule has 4 nitrogen and oxygen atoms in total. The Morgan fingerprint density at radius 1 is 1.28 bits per heavy atom. The Labute approximate surface area is 113 Å². The van der Waals surface area contributed by atoms with E-state index < -0.39 is 0 Å². The first-order chi connectivity index (χ1) is 8.58. The van der Waals surface area contributed by atoms with Crippen molar-refractivity contribution in [1.29, 1.82) is 5.26 Å². The van der Waals surface area contributed by atoms with E-state index in [1.54, 1.807) is 0 Å². The van der Waals surface area contributed by atoms with Gasteiger partial charge in [-0.25, -0.2) is 9.97 Å². The second-order valence-corrected chi connectivity index (χ2v) is 5.24. The molecule has 1 unspecified atom stereocenters. The number of nitrogens with one attached hydrogen (secondary N) is 1. The molecule has 0 aliphatic carbocycles. The SMILES string of the molecule is CCCNC(C#N)CSc1nc(C)c(C)c(C)n1.